The number of hydrogen-bond acceptors (Lipinski definition) is 1. The van der Waals surface area contributed by atoms with Crippen LogP contribution in [0.4, 0.5) is 0 Å². The molecule has 0 heterocycles. The van der Waals surface area contributed by atoms with E-state index in [0.29, 0.717) is 5.41 Å². The number of hydrogen-bond donors (Lipinski definition) is 1. The fourth-order valence-corrected chi connectivity index (χ4v) is 3.07. The van der Waals surface area contributed by atoms with Crippen LogP contribution in [-0.4, -0.2) is 5.11 Å². The standard InChI is InChI=1S/C17H26O/c1-12-10-14(3)15(11-13(12)2)17(18)8-6-16(4,5)7-9-17/h10-11,18H,6-9H2,1-5H3. The molecular weight excluding hydrogens is 220 g/mol. The summed E-state index contributed by atoms with van der Waals surface area (Å²) < 4.78 is 0. The smallest absolute Gasteiger partial charge is 0.0899 e. The first-order valence-corrected chi connectivity index (χ1v) is 7.04. The predicted octanol–water partition coefficient (Wildman–Crippen LogP) is 4.40. The quantitative estimate of drug-likeness (QED) is 0.778. The molecule has 18 heavy (non-hydrogen) atoms. The molecule has 100 valence electrons. The van der Waals surface area contributed by atoms with Crippen molar-refractivity contribution >= 4 is 0 Å². The molecule has 1 heteroatoms. The molecule has 0 aliphatic heterocycles. The summed E-state index contributed by atoms with van der Waals surface area (Å²) >= 11 is 0. The van der Waals surface area contributed by atoms with E-state index in [0.717, 1.165) is 31.2 Å². The monoisotopic (exact) mass is 246 g/mol. The Labute approximate surface area is 111 Å². The zero-order valence-electron chi connectivity index (χ0n) is 12.4. The molecule has 1 aliphatic rings. The van der Waals surface area contributed by atoms with Crippen LogP contribution < -0.4 is 0 Å². The van der Waals surface area contributed by atoms with Gasteiger partial charge in [0.2, 0.25) is 0 Å². The second-order valence-electron chi connectivity index (χ2n) is 6.95. The van der Waals surface area contributed by atoms with Crippen LogP contribution in [0.5, 0.6) is 0 Å². The van der Waals surface area contributed by atoms with E-state index in [2.05, 4.69) is 46.8 Å². The van der Waals surface area contributed by atoms with Crippen molar-refractivity contribution in [1.29, 1.82) is 0 Å². The van der Waals surface area contributed by atoms with Gasteiger partial charge in [-0.1, -0.05) is 26.0 Å². The topological polar surface area (TPSA) is 20.2 Å². The molecule has 1 N–H and O–H groups in total. The van der Waals surface area contributed by atoms with Crippen molar-refractivity contribution < 1.29 is 5.11 Å². The van der Waals surface area contributed by atoms with Crippen molar-refractivity contribution in [2.24, 2.45) is 5.41 Å². The first-order valence-electron chi connectivity index (χ1n) is 7.04. The lowest BCUT2D eigenvalue weighted by atomic mass is 9.68. The molecule has 0 aromatic heterocycles. The lowest BCUT2D eigenvalue weighted by Crippen LogP contribution is -2.35. The van der Waals surface area contributed by atoms with Crippen LogP contribution in [0.15, 0.2) is 12.1 Å². The van der Waals surface area contributed by atoms with E-state index < -0.39 is 5.60 Å². The Morgan fingerprint density at radius 1 is 0.833 bits per heavy atom. The summed E-state index contributed by atoms with van der Waals surface area (Å²) in [6.07, 6.45) is 4.00. The normalized spacial score (nSPS) is 21.9. The van der Waals surface area contributed by atoms with Gasteiger partial charge in [0.25, 0.3) is 0 Å². The molecule has 0 saturated heterocycles. The summed E-state index contributed by atoms with van der Waals surface area (Å²) in [5.41, 5.74) is 4.78. The highest BCUT2D eigenvalue weighted by molar-refractivity contribution is 5.40. The summed E-state index contributed by atoms with van der Waals surface area (Å²) in [4.78, 5) is 0. The first-order chi connectivity index (χ1) is 8.23. The van der Waals surface area contributed by atoms with Gasteiger partial charge in [0.05, 0.1) is 5.60 Å². The fourth-order valence-electron chi connectivity index (χ4n) is 3.07. The Bertz CT molecular complexity index is 447. The molecule has 1 aromatic carbocycles. The summed E-state index contributed by atoms with van der Waals surface area (Å²) in [6.45, 7) is 11.0. The fraction of sp³-hybridized carbons (Fsp3) is 0.647. The van der Waals surface area contributed by atoms with Gasteiger partial charge in [-0.15, -0.1) is 0 Å². The highest BCUT2D eigenvalue weighted by Gasteiger charge is 2.38. The number of aliphatic hydroxyl groups is 1. The number of rotatable bonds is 1. The Balaban J connectivity index is 2.34. The summed E-state index contributed by atoms with van der Waals surface area (Å²) in [5.74, 6) is 0. The van der Waals surface area contributed by atoms with Crippen molar-refractivity contribution in [3.8, 4) is 0 Å². The summed E-state index contributed by atoms with van der Waals surface area (Å²) in [5, 5.41) is 11.0. The maximum atomic E-state index is 11.0. The van der Waals surface area contributed by atoms with E-state index in [1.807, 2.05) is 0 Å². The SMILES string of the molecule is Cc1cc(C)c(C2(O)CCC(C)(C)CC2)cc1C. The molecule has 0 atom stereocenters. The second-order valence-corrected chi connectivity index (χ2v) is 6.95. The van der Waals surface area contributed by atoms with Gasteiger partial charge in [0.1, 0.15) is 0 Å². The number of benzene rings is 1. The average Bonchev–Trinajstić information content (AvgIpc) is 2.28. The third-order valence-electron chi connectivity index (χ3n) is 4.77. The Morgan fingerprint density at radius 3 is 1.89 bits per heavy atom. The minimum atomic E-state index is -0.599. The van der Waals surface area contributed by atoms with Gasteiger partial charge in [-0.2, -0.15) is 0 Å². The predicted molar refractivity (Wildman–Crippen MR) is 76.8 cm³/mol. The molecule has 0 amide bonds. The van der Waals surface area contributed by atoms with Gasteiger partial charge in [0, 0.05) is 0 Å². The highest BCUT2D eigenvalue weighted by atomic mass is 16.3. The lowest BCUT2D eigenvalue weighted by molar-refractivity contribution is -0.0310. The zero-order valence-corrected chi connectivity index (χ0v) is 12.4. The van der Waals surface area contributed by atoms with Crippen LogP contribution in [0, 0.1) is 26.2 Å². The van der Waals surface area contributed by atoms with Gasteiger partial charge in [-0.05, 0) is 74.1 Å². The first kappa shape index (κ1) is 13.6. The van der Waals surface area contributed by atoms with Crippen molar-refractivity contribution in [1.82, 2.24) is 0 Å². The number of aryl methyl sites for hydroxylation is 3. The van der Waals surface area contributed by atoms with Crippen molar-refractivity contribution in [3.63, 3.8) is 0 Å². The van der Waals surface area contributed by atoms with Gasteiger partial charge < -0.3 is 5.11 Å². The molecular formula is C17H26O. The van der Waals surface area contributed by atoms with E-state index in [-0.39, 0.29) is 0 Å². The molecule has 0 bridgehead atoms. The van der Waals surface area contributed by atoms with Crippen LogP contribution in [0.25, 0.3) is 0 Å². The zero-order chi connectivity index (χ0) is 13.6. The van der Waals surface area contributed by atoms with E-state index in [9.17, 15) is 5.11 Å². The molecule has 1 aliphatic carbocycles. The van der Waals surface area contributed by atoms with E-state index >= 15 is 0 Å². The van der Waals surface area contributed by atoms with Crippen molar-refractivity contribution in [2.75, 3.05) is 0 Å². The molecule has 0 spiro atoms. The van der Waals surface area contributed by atoms with E-state index in [1.54, 1.807) is 0 Å². The Hall–Kier alpha value is -0.820. The molecule has 1 fully saturated rings. The molecule has 2 rings (SSSR count). The Morgan fingerprint density at radius 2 is 1.33 bits per heavy atom. The van der Waals surface area contributed by atoms with Crippen LogP contribution >= 0.6 is 0 Å². The minimum absolute atomic E-state index is 0.389. The van der Waals surface area contributed by atoms with Gasteiger partial charge >= 0.3 is 0 Å². The summed E-state index contributed by atoms with van der Waals surface area (Å²) in [7, 11) is 0. The van der Waals surface area contributed by atoms with Gasteiger partial charge in [-0.3, -0.25) is 0 Å². The minimum Gasteiger partial charge on any atom is -0.385 e. The molecule has 1 nitrogen and oxygen atoms in total. The van der Waals surface area contributed by atoms with Crippen LogP contribution in [0.2, 0.25) is 0 Å². The van der Waals surface area contributed by atoms with Crippen LogP contribution in [0.3, 0.4) is 0 Å². The van der Waals surface area contributed by atoms with Gasteiger partial charge in [0.15, 0.2) is 0 Å². The van der Waals surface area contributed by atoms with Crippen molar-refractivity contribution in [2.45, 2.75) is 65.9 Å². The molecule has 0 unspecified atom stereocenters. The largest absolute Gasteiger partial charge is 0.385 e. The maximum Gasteiger partial charge on any atom is 0.0899 e. The van der Waals surface area contributed by atoms with Crippen LogP contribution in [-0.2, 0) is 5.60 Å². The van der Waals surface area contributed by atoms with Gasteiger partial charge in [-0.25, -0.2) is 0 Å². The summed E-state index contributed by atoms with van der Waals surface area (Å²) in [6, 6.07) is 4.41. The lowest BCUT2D eigenvalue weighted by Gasteiger charge is -2.41. The third kappa shape index (κ3) is 2.47. The van der Waals surface area contributed by atoms with Crippen LogP contribution in [0.1, 0.15) is 61.8 Å². The Kier molecular flexibility index (Phi) is 3.31. The van der Waals surface area contributed by atoms with Crippen molar-refractivity contribution in [3.05, 3.63) is 34.4 Å². The molecule has 1 aromatic rings. The average molecular weight is 246 g/mol. The van der Waals surface area contributed by atoms with E-state index in [1.165, 1.54) is 16.7 Å². The van der Waals surface area contributed by atoms with E-state index in [4.69, 9.17) is 0 Å². The molecule has 0 radical (unpaired) electrons. The maximum absolute atomic E-state index is 11.0. The highest BCUT2D eigenvalue weighted by Crippen LogP contribution is 2.46. The molecule has 1 saturated carbocycles. The second kappa shape index (κ2) is 4.38. The third-order valence-corrected chi connectivity index (χ3v) is 4.77.